The molecule has 548 valence electrons. The van der Waals surface area contributed by atoms with Crippen molar-refractivity contribution in [2.45, 2.75) is 290 Å². The molecule has 0 saturated carbocycles. The van der Waals surface area contributed by atoms with Gasteiger partial charge in [-0.15, -0.1) is 0 Å². The Hall–Kier alpha value is -4.80. The molecule has 0 fully saturated rings. The minimum Gasteiger partial charge on any atom is -0.462 e. The summed E-state index contributed by atoms with van der Waals surface area (Å²) in [6.07, 6.45) is 75.0. The molecule has 96 heavy (non-hydrogen) atoms. The first-order chi connectivity index (χ1) is 46.7. The van der Waals surface area contributed by atoms with E-state index in [1.54, 1.807) is 6.08 Å². The quantitative estimate of drug-likeness (QED) is 0.0169. The first-order valence-electron chi connectivity index (χ1n) is 36.4. The van der Waals surface area contributed by atoms with E-state index in [2.05, 4.69) is 131 Å². The second kappa shape index (κ2) is 68.7. The summed E-state index contributed by atoms with van der Waals surface area (Å²) in [4.78, 5) is 72.6. The van der Waals surface area contributed by atoms with E-state index in [0.717, 1.165) is 135 Å². The first-order valence-corrected chi connectivity index (χ1v) is 39.4. The van der Waals surface area contributed by atoms with Crippen LogP contribution in [-0.4, -0.2) is 96.7 Å². The van der Waals surface area contributed by atoms with Crippen molar-refractivity contribution in [3.8, 4) is 0 Å². The van der Waals surface area contributed by atoms with E-state index in [1.807, 2.05) is 24.3 Å². The molecule has 0 rings (SSSR count). The SMILES string of the molecule is CC/C=C\C/C=C\C/C=C\C/C=C\C/C=C\CC(=O)OCC(COP(=O)(O)OCC(O)COP(=O)(O)OCC(COC(=O)CCCCCCC/C=C\CCCCCCCC)OC(=O)CCCCCCC/C=C\CCCC)OC(=O)CCCC/C=C\C/C=C\C/C=C\C/C=C\CC. The van der Waals surface area contributed by atoms with E-state index in [1.165, 1.54) is 51.4 Å². The maximum absolute atomic E-state index is 13.0. The molecule has 0 radical (unpaired) electrons. The number of phosphoric acid groups is 2. The van der Waals surface area contributed by atoms with Crippen molar-refractivity contribution < 1.29 is 80.2 Å². The van der Waals surface area contributed by atoms with Crippen LogP contribution in [0.15, 0.2) is 134 Å². The number of aliphatic hydroxyl groups is 1. The topological polar surface area (TPSA) is 237 Å². The van der Waals surface area contributed by atoms with Crippen LogP contribution >= 0.6 is 15.6 Å². The molecule has 5 atom stereocenters. The van der Waals surface area contributed by atoms with Gasteiger partial charge in [-0.05, 0) is 135 Å². The van der Waals surface area contributed by atoms with Crippen LogP contribution in [0.2, 0.25) is 0 Å². The fourth-order valence-corrected chi connectivity index (χ4v) is 10.7. The third-order valence-electron chi connectivity index (χ3n) is 14.6. The van der Waals surface area contributed by atoms with Gasteiger partial charge in [-0.2, -0.15) is 0 Å². The Labute approximate surface area is 580 Å². The summed E-state index contributed by atoms with van der Waals surface area (Å²) in [6, 6.07) is 0. The van der Waals surface area contributed by atoms with Gasteiger partial charge in [0.15, 0.2) is 12.2 Å². The Morgan fingerprint density at radius 2 is 0.594 bits per heavy atom. The monoisotopic (exact) mass is 1390 g/mol. The number of hydrogen-bond donors (Lipinski definition) is 3. The standard InChI is InChI=1S/C77H128O17P2/c1-5-9-13-17-21-25-29-32-35-38-42-45-49-53-57-61-74(79)87-67-72(93-76(81)63-59-55-51-47-41-28-24-20-16-12-8-4)69-91-95(83,84)89-65-71(78)66-90-96(85,86)92-70-73(94-77(82)64-60-56-52-48-44-40-37-34-31-27-23-19-15-11-7-3)68-88-75(80)62-58-54-50-46-43-39-36-33-30-26-22-18-14-10-6-2/h10-11,14-15,20,22-24,26-27,32-37,43-44,46,48,54,58,71-73,78H,5-9,12-13,16-19,21,25,28-31,38-42,45,47,49-53,55-57,59-70H2,1-4H3,(H,83,84)(H,85,86)/b14-10-,15-11-,24-20-,26-22-,27-23-,35-32-,36-33-,37-34-,46-43-,48-44-,58-54-. The molecule has 0 spiro atoms. The lowest BCUT2D eigenvalue weighted by molar-refractivity contribution is -0.161. The third kappa shape index (κ3) is 67.8. The molecule has 0 aliphatic rings. The second-order valence-electron chi connectivity index (χ2n) is 23.8. The summed E-state index contributed by atoms with van der Waals surface area (Å²) >= 11 is 0. The van der Waals surface area contributed by atoms with Crippen LogP contribution in [0.25, 0.3) is 0 Å². The maximum Gasteiger partial charge on any atom is 0.472 e. The smallest absolute Gasteiger partial charge is 0.462 e. The highest BCUT2D eigenvalue weighted by Crippen LogP contribution is 2.45. The molecule has 17 nitrogen and oxygen atoms in total. The molecule has 0 bridgehead atoms. The first kappa shape index (κ1) is 91.2. The van der Waals surface area contributed by atoms with E-state index in [4.69, 9.17) is 37.0 Å². The normalized spacial score (nSPS) is 14.8. The van der Waals surface area contributed by atoms with Crippen molar-refractivity contribution in [3.63, 3.8) is 0 Å². The maximum atomic E-state index is 13.0. The zero-order valence-electron chi connectivity index (χ0n) is 59.5. The van der Waals surface area contributed by atoms with Crippen LogP contribution in [-0.2, 0) is 65.4 Å². The van der Waals surface area contributed by atoms with Gasteiger partial charge in [0.25, 0.3) is 0 Å². The van der Waals surface area contributed by atoms with Crippen molar-refractivity contribution in [2.24, 2.45) is 0 Å². The zero-order chi connectivity index (χ0) is 70.4. The molecule has 5 unspecified atom stereocenters. The predicted molar refractivity (Wildman–Crippen MR) is 390 cm³/mol. The highest BCUT2D eigenvalue weighted by Gasteiger charge is 2.30. The highest BCUT2D eigenvalue weighted by atomic mass is 31.2. The average Bonchev–Trinajstić information content (AvgIpc) is 1.09. The van der Waals surface area contributed by atoms with E-state index < -0.39 is 97.5 Å². The largest absolute Gasteiger partial charge is 0.472 e. The molecule has 0 saturated heterocycles. The van der Waals surface area contributed by atoms with Crippen LogP contribution in [0.4, 0.5) is 0 Å². The third-order valence-corrected chi connectivity index (χ3v) is 16.5. The number of carbonyl (C=O) groups is 4. The number of unbranched alkanes of at least 4 members (excludes halogenated alkanes) is 20. The molecule has 0 heterocycles. The van der Waals surface area contributed by atoms with Crippen LogP contribution < -0.4 is 0 Å². The van der Waals surface area contributed by atoms with Crippen molar-refractivity contribution in [1.29, 1.82) is 0 Å². The molecule has 0 amide bonds. The average molecular weight is 1390 g/mol. The Morgan fingerprint density at radius 3 is 0.990 bits per heavy atom. The molecule has 3 N–H and O–H groups in total. The fourth-order valence-electron chi connectivity index (χ4n) is 9.08. The molecule has 0 aliphatic carbocycles. The number of hydrogen-bond acceptors (Lipinski definition) is 15. The summed E-state index contributed by atoms with van der Waals surface area (Å²) in [5.41, 5.74) is 0. The number of aliphatic hydroxyl groups excluding tert-OH is 1. The van der Waals surface area contributed by atoms with Gasteiger partial charge in [0.05, 0.1) is 32.8 Å². The minimum atomic E-state index is -5.01. The second-order valence-corrected chi connectivity index (χ2v) is 26.7. The summed E-state index contributed by atoms with van der Waals surface area (Å²) < 4.78 is 68.1. The van der Waals surface area contributed by atoms with Crippen LogP contribution in [0, 0.1) is 0 Å². The molecule has 0 aromatic carbocycles. The Bertz CT molecular complexity index is 2350. The molecule has 0 aromatic heterocycles. The van der Waals surface area contributed by atoms with E-state index >= 15 is 0 Å². The van der Waals surface area contributed by atoms with E-state index in [9.17, 15) is 43.2 Å². The van der Waals surface area contributed by atoms with Crippen LogP contribution in [0.1, 0.15) is 272 Å². The van der Waals surface area contributed by atoms with Gasteiger partial charge in [0.1, 0.15) is 19.3 Å². The van der Waals surface area contributed by atoms with Crippen molar-refractivity contribution in [3.05, 3.63) is 134 Å². The Morgan fingerprint density at radius 1 is 0.312 bits per heavy atom. The van der Waals surface area contributed by atoms with Crippen molar-refractivity contribution >= 4 is 39.5 Å². The number of esters is 4. The van der Waals surface area contributed by atoms with Gasteiger partial charge < -0.3 is 33.8 Å². The van der Waals surface area contributed by atoms with Gasteiger partial charge >= 0.3 is 39.5 Å². The molecule has 0 aliphatic heterocycles. The van der Waals surface area contributed by atoms with Gasteiger partial charge in [-0.1, -0.05) is 245 Å². The number of rotatable bonds is 67. The number of ether oxygens (including phenoxy) is 4. The molecule has 0 aromatic rings. The number of carbonyl (C=O) groups excluding carboxylic acids is 4. The molecular formula is C77H128O17P2. The Kier molecular flexibility index (Phi) is 65.3. The van der Waals surface area contributed by atoms with Crippen LogP contribution in [0.5, 0.6) is 0 Å². The lowest BCUT2D eigenvalue weighted by Gasteiger charge is -2.21. The van der Waals surface area contributed by atoms with E-state index in [0.29, 0.717) is 32.1 Å². The summed E-state index contributed by atoms with van der Waals surface area (Å²) in [7, 11) is -9.99. The van der Waals surface area contributed by atoms with Gasteiger partial charge in [-0.25, -0.2) is 9.13 Å². The lowest BCUT2D eigenvalue weighted by atomic mass is 10.1. The minimum absolute atomic E-state index is 0.0193. The van der Waals surface area contributed by atoms with Gasteiger partial charge in [0, 0.05) is 19.3 Å². The predicted octanol–water partition coefficient (Wildman–Crippen LogP) is 20.5. The number of allylic oxidation sites excluding steroid dienone is 21. The highest BCUT2D eigenvalue weighted by molar-refractivity contribution is 7.47. The van der Waals surface area contributed by atoms with Crippen LogP contribution in [0.3, 0.4) is 0 Å². The van der Waals surface area contributed by atoms with E-state index in [-0.39, 0.29) is 25.7 Å². The molecule has 19 heteroatoms. The summed E-state index contributed by atoms with van der Waals surface area (Å²) in [6.45, 7) is 4.39. The van der Waals surface area contributed by atoms with Crippen molar-refractivity contribution in [2.75, 3.05) is 39.6 Å². The summed E-state index contributed by atoms with van der Waals surface area (Å²) in [5.74, 6) is -2.40. The summed E-state index contributed by atoms with van der Waals surface area (Å²) in [5, 5.41) is 10.6. The Balaban J connectivity index is 5.45. The fraction of sp³-hybridized carbons (Fsp3) is 0.662. The van der Waals surface area contributed by atoms with Crippen molar-refractivity contribution in [1.82, 2.24) is 0 Å². The van der Waals surface area contributed by atoms with Gasteiger partial charge in [0.2, 0.25) is 0 Å². The number of phosphoric ester groups is 2. The lowest BCUT2D eigenvalue weighted by Crippen LogP contribution is -2.30. The zero-order valence-corrected chi connectivity index (χ0v) is 61.3. The van der Waals surface area contributed by atoms with Gasteiger partial charge in [-0.3, -0.25) is 37.3 Å². The molecular weight excluding hydrogens is 1260 g/mol.